The fourth-order valence-corrected chi connectivity index (χ4v) is 1.86. The molecular formula is C16H14F3NO3S. The summed E-state index contributed by atoms with van der Waals surface area (Å²) in [5, 5.41) is 1.21. The number of terminal acetylenes is 1. The van der Waals surface area contributed by atoms with Crippen LogP contribution in [0.3, 0.4) is 0 Å². The molecule has 0 aliphatic carbocycles. The number of allylic oxidation sites excluding steroid dienone is 1. The van der Waals surface area contributed by atoms with Gasteiger partial charge in [0.25, 0.3) is 0 Å². The summed E-state index contributed by atoms with van der Waals surface area (Å²) in [6, 6.07) is 12.5. The normalized spacial score (nSPS) is 11.8. The summed E-state index contributed by atoms with van der Waals surface area (Å²) in [5.41, 5.74) is -3.33. The maximum absolute atomic E-state index is 10.7. The largest absolute Gasteiger partial charge is 0.741 e. The molecule has 2 aromatic rings. The van der Waals surface area contributed by atoms with Gasteiger partial charge in [-0.2, -0.15) is 17.7 Å². The Kier molecular flexibility index (Phi) is 6.51. The van der Waals surface area contributed by atoms with E-state index in [4.69, 9.17) is 19.4 Å². The van der Waals surface area contributed by atoms with Crippen molar-refractivity contribution in [3.8, 4) is 12.3 Å². The Morgan fingerprint density at radius 2 is 1.83 bits per heavy atom. The van der Waals surface area contributed by atoms with E-state index in [-0.39, 0.29) is 0 Å². The molecule has 24 heavy (non-hydrogen) atoms. The molecule has 0 N–H and O–H groups in total. The highest BCUT2D eigenvalue weighted by molar-refractivity contribution is 7.86. The van der Waals surface area contributed by atoms with Crippen molar-refractivity contribution in [3.05, 3.63) is 48.2 Å². The first-order chi connectivity index (χ1) is 11.1. The van der Waals surface area contributed by atoms with E-state index in [1.54, 1.807) is 0 Å². The molecule has 0 amide bonds. The lowest BCUT2D eigenvalue weighted by atomic mass is 10.2. The van der Waals surface area contributed by atoms with Gasteiger partial charge in [-0.1, -0.05) is 18.2 Å². The Morgan fingerprint density at radius 1 is 1.25 bits per heavy atom. The van der Waals surface area contributed by atoms with E-state index in [2.05, 4.69) is 40.8 Å². The predicted octanol–water partition coefficient (Wildman–Crippen LogP) is 2.85. The van der Waals surface area contributed by atoms with Crippen LogP contribution in [0.15, 0.2) is 42.5 Å². The molecule has 0 unspecified atom stereocenters. The summed E-state index contributed by atoms with van der Waals surface area (Å²) < 4.78 is 61.1. The van der Waals surface area contributed by atoms with Crippen molar-refractivity contribution in [1.29, 1.82) is 0 Å². The van der Waals surface area contributed by atoms with Crippen molar-refractivity contribution in [2.75, 3.05) is 0 Å². The van der Waals surface area contributed by atoms with E-state index < -0.39 is 15.6 Å². The molecule has 0 bridgehead atoms. The SMILES string of the molecule is C#CC[n+]1c(/C=C\C)ccc2ccccc21.O=S(=O)([O-])C(F)(F)F. The minimum absolute atomic E-state index is 0.598. The molecule has 128 valence electrons. The fraction of sp³-hybridized carbons (Fsp3) is 0.188. The third-order valence-electron chi connectivity index (χ3n) is 2.84. The minimum Gasteiger partial charge on any atom is -0.741 e. The van der Waals surface area contributed by atoms with Crippen LogP contribution in [0.5, 0.6) is 0 Å². The summed E-state index contributed by atoms with van der Waals surface area (Å²) in [6.45, 7) is 2.61. The fourth-order valence-electron chi connectivity index (χ4n) is 1.86. The molecule has 1 heterocycles. The number of benzene rings is 1. The van der Waals surface area contributed by atoms with E-state index in [1.165, 1.54) is 10.9 Å². The molecule has 0 atom stereocenters. The summed E-state index contributed by atoms with van der Waals surface area (Å²) in [6.07, 6.45) is 9.52. The number of hydrogen-bond donors (Lipinski definition) is 0. The molecule has 2 rings (SSSR count). The summed E-state index contributed by atoms with van der Waals surface area (Å²) in [5.74, 6) is 2.70. The van der Waals surface area contributed by atoms with Crippen LogP contribution in [0.2, 0.25) is 0 Å². The monoisotopic (exact) mass is 357 g/mol. The number of hydrogen-bond acceptors (Lipinski definition) is 3. The van der Waals surface area contributed by atoms with Crippen molar-refractivity contribution < 1.29 is 30.7 Å². The Labute approximate surface area is 138 Å². The van der Waals surface area contributed by atoms with Crippen molar-refractivity contribution >= 4 is 27.1 Å². The zero-order chi connectivity index (χ0) is 18.4. The number of pyridine rings is 1. The van der Waals surface area contributed by atoms with Crippen molar-refractivity contribution in [3.63, 3.8) is 0 Å². The zero-order valence-electron chi connectivity index (χ0n) is 12.6. The highest BCUT2D eigenvalue weighted by Gasteiger charge is 2.36. The standard InChI is InChI=1S/C15H14N.CHF3O3S/c1-3-7-14-11-10-13-8-5-6-9-15(13)16(14)12-4-2;2-1(3,4)8(5,6)7/h2-3,5-11H,12H2,1H3;(H,5,6,7)/q+1;/p-1/b7-3-;. The van der Waals surface area contributed by atoms with Crippen molar-refractivity contribution in [1.82, 2.24) is 0 Å². The third-order valence-corrected chi connectivity index (χ3v) is 3.41. The number of aromatic nitrogens is 1. The Morgan fingerprint density at radius 3 is 2.33 bits per heavy atom. The Balaban J connectivity index is 0.000000307. The van der Waals surface area contributed by atoms with Gasteiger partial charge in [0.15, 0.2) is 10.1 Å². The number of halogens is 3. The minimum atomic E-state index is -6.09. The number of nitrogens with zero attached hydrogens (tertiary/aromatic N) is 1. The first kappa shape index (κ1) is 19.7. The number of rotatable bonds is 2. The van der Waals surface area contributed by atoms with Gasteiger partial charge in [-0.25, -0.2) is 8.42 Å². The quantitative estimate of drug-likeness (QED) is 0.359. The predicted molar refractivity (Wildman–Crippen MR) is 83.4 cm³/mol. The van der Waals surface area contributed by atoms with E-state index in [1.807, 2.05) is 25.1 Å². The molecule has 0 radical (unpaired) electrons. The lowest BCUT2D eigenvalue weighted by Gasteiger charge is -2.08. The number of para-hydroxylation sites is 1. The molecule has 0 spiro atoms. The first-order valence-corrected chi connectivity index (χ1v) is 8.02. The molecule has 8 heteroatoms. The Hall–Kier alpha value is -2.37. The van der Waals surface area contributed by atoms with E-state index in [0.717, 1.165) is 5.69 Å². The lowest BCUT2D eigenvalue weighted by molar-refractivity contribution is -0.660. The molecule has 4 nitrogen and oxygen atoms in total. The van der Waals surface area contributed by atoms with Gasteiger partial charge in [0.05, 0.1) is 0 Å². The third kappa shape index (κ3) is 5.08. The van der Waals surface area contributed by atoms with Crippen LogP contribution in [-0.4, -0.2) is 18.5 Å². The molecule has 1 aromatic heterocycles. The van der Waals surface area contributed by atoms with Gasteiger partial charge < -0.3 is 4.55 Å². The topological polar surface area (TPSA) is 61.1 Å². The van der Waals surface area contributed by atoms with Crippen LogP contribution >= 0.6 is 0 Å². The van der Waals surface area contributed by atoms with E-state index >= 15 is 0 Å². The van der Waals surface area contributed by atoms with Crippen LogP contribution in [0, 0.1) is 12.3 Å². The zero-order valence-corrected chi connectivity index (χ0v) is 13.4. The first-order valence-electron chi connectivity index (χ1n) is 6.61. The second kappa shape index (κ2) is 7.95. The second-order valence-electron chi connectivity index (χ2n) is 4.51. The molecular weight excluding hydrogens is 343 g/mol. The molecule has 1 aromatic carbocycles. The summed E-state index contributed by atoms with van der Waals surface area (Å²) in [4.78, 5) is 0. The van der Waals surface area contributed by atoms with Crippen LogP contribution in [0.25, 0.3) is 17.0 Å². The van der Waals surface area contributed by atoms with Gasteiger partial charge in [-0.05, 0) is 25.0 Å². The highest BCUT2D eigenvalue weighted by atomic mass is 32.2. The van der Waals surface area contributed by atoms with Gasteiger partial charge in [-0.15, -0.1) is 6.42 Å². The molecule has 0 fully saturated rings. The van der Waals surface area contributed by atoms with Crippen molar-refractivity contribution in [2.24, 2.45) is 0 Å². The molecule has 0 aliphatic heterocycles. The summed E-state index contributed by atoms with van der Waals surface area (Å²) >= 11 is 0. The summed E-state index contributed by atoms with van der Waals surface area (Å²) in [7, 11) is -6.09. The Bertz CT molecular complexity index is 882. The van der Waals surface area contributed by atoms with Crippen LogP contribution in [0.4, 0.5) is 13.2 Å². The lowest BCUT2D eigenvalue weighted by Crippen LogP contribution is -2.37. The van der Waals surface area contributed by atoms with Gasteiger partial charge in [0, 0.05) is 23.6 Å². The smallest absolute Gasteiger partial charge is 0.485 e. The van der Waals surface area contributed by atoms with Crippen molar-refractivity contribution in [2.45, 2.75) is 19.0 Å². The maximum atomic E-state index is 10.7. The maximum Gasteiger partial charge on any atom is 0.485 e. The van der Waals surface area contributed by atoms with Crippen LogP contribution < -0.4 is 4.57 Å². The van der Waals surface area contributed by atoms with Crippen LogP contribution in [-0.2, 0) is 16.7 Å². The highest BCUT2D eigenvalue weighted by Crippen LogP contribution is 2.20. The molecule has 0 saturated heterocycles. The van der Waals surface area contributed by atoms with Gasteiger partial charge >= 0.3 is 5.51 Å². The molecule has 0 aliphatic rings. The molecule has 0 saturated carbocycles. The van der Waals surface area contributed by atoms with E-state index in [0.29, 0.717) is 6.54 Å². The van der Waals surface area contributed by atoms with Gasteiger partial charge in [-0.3, -0.25) is 0 Å². The average Bonchev–Trinajstić information content (AvgIpc) is 2.48. The van der Waals surface area contributed by atoms with Gasteiger partial charge in [0.1, 0.15) is 0 Å². The number of alkyl halides is 3. The average molecular weight is 357 g/mol. The van der Waals surface area contributed by atoms with Crippen LogP contribution in [0.1, 0.15) is 12.6 Å². The number of fused-ring (bicyclic) bond motifs is 1. The van der Waals surface area contributed by atoms with E-state index in [9.17, 15) is 13.2 Å². The van der Waals surface area contributed by atoms with Gasteiger partial charge in [0.2, 0.25) is 17.8 Å². The second-order valence-corrected chi connectivity index (χ2v) is 5.88.